The van der Waals surface area contributed by atoms with Gasteiger partial charge in [-0.05, 0) is 41.2 Å². The Labute approximate surface area is 156 Å². The average Bonchev–Trinajstić information content (AvgIpc) is 3.22. The summed E-state index contributed by atoms with van der Waals surface area (Å²) in [7, 11) is 0. The molecule has 0 saturated carbocycles. The maximum absolute atomic E-state index is 5.51. The van der Waals surface area contributed by atoms with Gasteiger partial charge in [-0.25, -0.2) is 14.6 Å². The Hall–Kier alpha value is -2.81. The number of piperidine rings is 1. The zero-order chi connectivity index (χ0) is 18.1. The highest BCUT2D eigenvalue weighted by Gasteiger charge is 2.31. The highest BCUT2D eigenvalue weighted by atomic mass is 16.6. The zero-order valence-electron chi connectivity index (χ0n) is 15.0. The van der Waals surface area contributed by atoms with Crippen LogP contribution in [0.15, 0.2) is 29.2 Å². The molecule has 0 spiro atoms. The first kappa shape index (κ1) is 16.4. The van der Waals surface area contributed by atoms with Crippen molar-refractivity contribution < 1.29 is 9.37 Å². The Morgan fingerprint density at radius 1 is 0.963 bits per heavy atom. The number of morpholine rings is 1. The van der Waals surface area contributed by atoms with Crippen molar-refractivity contribution in [3.63, 3.8) is 0 Å². The maximum atomic E-state index is 5.51. The number of nitrogens with zero attached hydrogens (tertiary/aromatic N) is 7. The molecule has 1 atom stereocenters. The van der Waals surface area contributed by atoms with E-state index in [1.54, 1.807) is 0 Å². The third-order valence-corrected chi connectivity index (χ3v) is 5.23. The van der Waals surface area contributed by atoms with E-state index in [-0.39, 0.29) is 6.04 Å². The van der Waals surface area contributed by atoms with E-state index < -0.39 is 0 Å². The summed E-state index contributed by atoms with van der Waals surface area (Å²) in [6, 6.07) is 4.34. The molecule has 0 aliphatic carbocycles. The minimum atomic E-state index is 0.221. The number of ether oxygens (including phenoxy) is 1. The molecule has 0 N–H and O–H groups in total. The predicted molar refractivity (Wildman–Crippen MR) is 98.6 cm³/mol. The molecule has 3 aromatic heterocycles. The lowest BCUT2D eigenvalue weighted by molar-refractivity contribution is 0.122. The van der Waals surface area contributed by atoms with Gasteiger partial charge in [-0.2, -0.15) is 0 Å². The molecular formula is C18H21N7O2. The third-order valence-electron chi connectivity index (χ3n) is 5.23. The van der Waals surface area contributed by atoms with Crippen LogP contribution in [0.1, 0.15) is 30.9 Å². The second-order valence-corrected chi connectivity index (χ2v) is 6.87. The zero-order valence-corrected chi connectivity index (χ0v) is 15.0. The lowest BCUT2D eigenvalue weighted by atomic mass is 9.96. The summed E-state index contributed by atoms with van der Waals surface area (Å²) in [5, 5.41) is 7.81. The standard InChI is InChI=1S/C18H21N7O2/c1-2-7-25(14(5-1)13-4-3-6-19-12-13)18-17(24-8-10-26-11-9-24)20-15-16(21-18)23-27-22-15/h3-4,6,12,14H,1-2,5,7-11H2. The van der Waals surface area contributed by atoms with E-state index in [0.717, 1.165) is 44.1 Å². The molecule has 5 heterocycles. The number of fused-ring (bicyclic) bond motifs is 1. The Morgan fingerprint density at radius 3 is 2.56 bits per heavy atom. The lowest BCUT2D eigenvalue weighted by Crippen LogP contribution is -2.40. The second-order valence-electron chi connectivity index (χ2n) is 6.87. The predicted octanol–water partition coefficient (Wildman–Crippen LogP) is 1.98. The largest absolute Gasteiger partial charge is 0.378 e. The first-order valence-corrected chi connectivity index (χ1v) is 9.40. The molecule has 27 heavy (non-hydrogen) atoms. The summed E-state index contributed by atoms with van der Waals surface area (Å²) in [6.45, 7) is 3.85. The SMILES string of the molecule is c1cncc(C2CCCCN2c2nc3nonc3nc2N2CCOCC2)c1. The number of aromatic nitrogens is 5. The minimum absolute atomic E-state index is 0.221. The number of anilines is 2. The quantitative estimate of drug-likeness (QED) is 0.688. The molecule has 9 heteroatoms. The van der Waals surface area contributed by atoms with Crippen LogP contribution in [0.25, 0.3) is 11.3 Å². The van der Waals surface area contributed by atoms with Gasteiger partial charge in [0.1, 0.15) is 0 Å². The van der Waals surface area contributed by atoms with E-state index in [1.807, 2.05) is 18.5 Å². The van der Waals surface area contributed by atoms with Crippen molar-refractivity contribution in [2.75, 3.05) is 42.6 Å². The van der Waals surface area contributed by atoms with Gasteiger partial charge in [0.25, 0.3) is 0 Å². The fraction of sp³-hybridized carbons (Fsp3) is 0.500. The van der Waals surface area contributed by atoms with Gasteiger partial charge in [0.2, 0.25) is 11.3 Å². The van der Waals surface area contributed by atoms with Gasteiger partial charge in [0, 0.05) is 32.0 Å². The molecule has 5 rings (SSSR count). The van der Waals surface area contributed by atoms with Crippen molar-refractivity contribution in [3.8, 4) is 0 Å². The van der Waals surface area contributed by atoms with Crippen molar-refractivity contribution in [3.05, 3.63) is 30.1 Å². The van der Waals surface area contributed by atoms with Crippen LogP contribution in [-0.4, -0.2) is 58.1 Å². The van der Waals surface area contributed by atoms with E-state index in [2.05, 4.69) is 31.2 Å². The fourth-order valence-corrected chi connectivity index (χ4v) is 3.91. The summed E-state index contributed by atoms with van der Waals surface area (Å²) in [6.07, 6.45) is 7.12. The van der Waals surface area contributed by atoms with Crippen LogP contribution < -0.4 is 9.80 Å². The summed E-state index contributed by atoms with van der Waals surface area (Å²) in [5.74, 6) is 1.67. The van der Waals surface area contributed by atoms with Crippen LogP contribution in [0.4, 0.5) is 11.6 Å². The van der Waals surface area contributed by atoms with Crippen LogP contribution in [0.5, 0.6) is 0 Å². The smallest absolute Gasteiger partial charge is 0.245 e. The molecule has 2 aliphatic rings. The highest BCUT2D eigenvalue weighted by molar-refractivity contribution is 5.75. The van der Waals surface area contributed by atoms with Crippen molar-refractivity contribution >= 4 is 22.9 Å². The number of pyridine rings is 1. The molecule has 3 aromatic rings. The van der Waals surface area contributed by atoms with Gasteiger partial charge in [-0.1, -0.05) is 6.07 Å². The summed E-state index contributed by atoms with van der Waals surface area (Å²) in [5.41, 5.74) is 2.08. The average molecular weight is 367 g/mol. The Kier molecular flexibility index (Phi) is 4.29. The van der Waals surface area contributed by atoms with E-state index in [9.17, 15) is 0 Å². The number of rotatable bonds is 3. The summed E-state index contributed by atoms with van der Waals surface area (Å²) in [4.78, 5) is 18.4. The van der Waals surface area contributed by atoms with Crippen molar-refractivity contribution in [2.24, 2.45) is 0 Å². The van der Waals surface area contributed by atoms with Crippen LogP contribution in [0, 0.1) is 0 Å². The topological polar surface area (TPSA) is 93.3 Å². The molecule has 2 saturated heterocycles. The molecular weight excluding hydrogens is 346 g/mol. The molecule has 9 nitrogen and oxygen atoms in total. The summed E-state index contributed by atoms with van der Waals surface area (Å²) < 4.78 is 10.4. The first-order chi connectivity index (χ1) is 13.4. The van der Waals surface area contributed by atoms with Crippen LogP contribution in [0.2, 0.25) is 0 Å². The monoisotopic (exact) mass is 367 g/mol. The van der Waals surface area contributed by atoms with E-state index in [1.165, 1.54) is 12.0 Å². The fourth-order valence-electron chi connectivity index (χ4n) is 3.91. The third kappa shape index (κ3) is 3.08. The van der Waals surface area contributed by atoms with Gasteiger partial charge in [-0.3, -0.25) is 4.98 Å². The van der Waals surface area contributed by atoms with Gasteiger partial charge in [0.05, 0.1) is 19.3 Å². The molecule has 0 amide bonds. The molecule has 2 aliphatic heterocycles. The number of hydrogen-bond acceptors (Lipinski definition) is 9. The maximum Gasteiger partial charge on any atom is 0.245 e. The van der Waals surface area contributed by atoms with E-state index >= 15 is 0 Å². The van der Waals surface area contributed by atoms with E-state index in [0.29, 0.717) is 24.5 Å². The second kappa shape index (κ2) is 7.07. The number of hydrogen-bond donors (Lipinski definition) is 0. The van der Waals surface area contributed by atoms with Gasteiger partial charge >= 0.3 is 0 Å². The summed E-state index contributed by atoms with van der Waals surface area (Å²) >= 11 is 0. The Morgan fingerprint density at radius 2 is 1.78 bits per heavy atom. The van der Waals surface area contributed by atoms with Gasteiger partial charge < -0.3 is 14.5 Å². The Bertz CT molecular complexity index is 910. The van der Waals surface area contributed by atoms with Crippen LogP contribution in [-0.2, 0) is 4.74 Å². The normalized spacial score (nSPS) is 21.0. The van der Waals surface area contributed by atoms with Crippen molar-refractivity contribution in [1.82, 2.24) is 25.3 Å². The van der Waals surface area contributed by atoms with Gasteiger partial charge in [0.15, 0.2) is 11.6 Å². The molecule has 2 fully saturated rings. The Balaban J connectivity index is 1.60. The lowest BCUT2D eigenvalue weighted by Gasteiger charge is -2.39. The molecule has 0 aromatic carbocycles. The van der Waals surface area contributed by atoms with Crippen LogP contribution >= 0.6 is 0 Å². The molecule has 0 radical (unpaired) electrons. The minimum Gasteiger partial charge on any atom is -0.378 e. The van der Waals surface area contributed by atoms with Gasteiger partial charge in [-0.15, -0.1) is 0 Å². The van der Waals surface area contributed by atoms with Crippen molar-refractivity contribution in [1.29, 1.82) is 0 Å². The van der Waals surface area contributed by atoms with Crippen LogP contribution in [0.3, 0.4) is 0 Å². The molecule has 140 valence electrons. The first-order valence-electron chi connectivity index (χ1n) is 9.40. The molecule has 1 unspecified atom stereocenters. The van der Waals surface area contributed by atoms with E-state index in [4.69, 9.17) is 19.3 Å². The van der Waals surface area contributed by atoms with Crippen molar-refractivity contribution in [2.45, 2.75) is 25.3 Å². The molecule has 0 bridgehead atoms. The highest BCUT2D eigenvalue weighted by Crippen LogP contribution is 2.38.